The fourth-order valence-electron chi connectivity index (χ4n) is 1.76. The van der Waals surface area contributed by atoms with E-state index in [1.54, 1.807) is 6.26 Å². The van der Waals surface area contributed by atoms with Crippen LogP contribution in [0.15, 0.2) is 65.3 Å². The number of hydrogen-bond donors (Lipinski definition) is 2. The van der Waals surface area contributed by atoms with Crippen molar-refractivity contribution < 1.29 is 4.42 Å². The Morgan fingerprint density at radius 3 is 2.42 bits per heavy atom. The fourth-order valence-corrected chi connectivity index (χ4v) is 1.76. The Labute approximate surface area is 110 Å². The predicted molar refractivity (Wildman–Crippen MR) is 76.1 cm³/mol. The molecule has 1 heterocycles. The van der Waals surface area contributed by atoms with Gasteiger partial charge in [-0.15, -0.1) is 0 Å². The third kappa shape index (κ3) is 2.57. The van der Waals surface area contributed by atoms with E-state index in [-0.39, 0.29) is 0 Å². The van der Waals surface area contributed by atoms with Gasteiger partial charge in [0.2, 0.25) is 0 Å². The predicted octanol–water partition coefficient (Wildman–Crippen LogP) is 3.67. The number of aromatic nitrogens is 1. The molecule has 0 unspecified atom stereocenters. The van der Waals surface area contributed by atoms with Crippen LogP contribution in [0.4, 0.5) is 17.4 Å². The zero-order valence-corrected chi connectivity index (χ0v) is 10.2. The van der Waals surface area contributed by atoms with E-state index in [1.807, 2.05) is 54.6 Å². The first-order valence-electron chi connectivity index (χ1n) is 5.95. The van der Waals surface area contributed by atoms with Crippen LogP contribution in [-0.2, 0) is 0 Å². The molecular formula is C15H13N3O. The minimum atomic E-state index is 0.470. The molecule has 4 heteroatoms. The Morgan fingerprint density at radius 1 is 0.947 bits per heavy atom. The lowest BCUT2D eigenvalue weighted by Gasteiger charge is -1.99. The van der Waals surface area contributed by atoms with Crippen LogP contribution in [0.2, 0.25) is 0 Å². The summed E-state index contributed by atoms with van der Waals surface area (Å²) in [4.78, 5) is 4.39. The van der Waals surface area contributed by atoms with E-state index in [1.165, 1.54) is 0 Å². The van der Waals surface area contributed by atoms with Gasteiger partial charge >= 0.3 is 0 Å². The molecule has 3 N–H and O–H groups in total. The van der Waals surface area contributed by atoms with Crippen molar-refractivity contribution in [1.82, 2.24) is 4.98 Å². The number of benzene rings is 2. The second-order valence-corrected chi connectivity index (χ2v) is 4.15. The highest BCUT2D eigenvalue weighted by Crippen LogP contribution is 2.23. The zero-order chi connectivity index (χ0) is 13.1. The summed E-state index contributed by atoms with van der Waals surface area (Å²) in [5.74, 6) is 0. The van der Waals surface area contributed by atoms with Crippen LogP contribution < -0.4 is 11.1 Å². The summed E-state index contributed by atoms with van der Waals surface area (Å²) >= 11 is 0. The third-order valence-electron chi connectivity index (χ3n) is 2.74. The summed E-state index contributed by atoms with van der Waals surface area (Å²) in [7, 11) is 0. The van der Waals surface area contributed by atoms with E-state index in [9.17, 15) is 0 Å². The summed E-state index contributed by atoms with van der Waals surface area (Å²) < 4.78 is 5.40. The Morgan fingerprint density at radius 2 is 1.68 bits per heavy atom. The molecule has 2 aromatic carbocycles. The number of oxazole rings is 1. The molecule has 19 heavy (non-hydrogen) atoms. The minimum Gasteiger partial charge on any atom is -0.431 e. The molecule has 0 aliphatic rings. The molecule has 0 aliphatic carbocycles. The van der Waals surface area contributed by atoms with Crippen molar-refractivity contribution in [2.24, 2.45) is 0 Å². The summed E-state index contributed by atoms with van der Waals surface area (Å²) in [6, 6.07) is 17.7. The normalized spacial score (nSPS) is 10.3. The standard InChI is InChI=1S/C15H13N3O/c16-12-8-6-11(7-9-12)14-10-19-15(18-14)17-13-4-2-1-3-5-13/h1-10H,16H2,(H,17,18). The average molecular weight is 251 g/mol. The minimum absolute atomic E-state index is 0.470. The van der Waals surface area contributed by atoms with Gasteiger partial charge in [-0.05, 0) is 24.3 Å². The first-order valence-corrected chi connectivity index (χ1v) is 5.95. The van der Waals surface area contributed by atoms with Gasteiger partial charge in [-0.25, -0.2) is 0 Å². The van der Waals surface area contributed by atoms with Gasteiger partial charge in [0.15, 0.2) is 0 Å². The molecule has 0 fully saturated rings. The molecule has 94 valence electrons. The third-order valence-corrected chi connectivity index (χ3v) is 2.74. The zero-order valence-electron chi connectivity index (χ0n) is 10.2. The Bertz CT molecular complexity index is 659. The number of para-hydroxylation sites is 1. The summed E-state index contributed by atoms with van der Waals surface area (Å²) in [5, 5.41) is 3.10. The number of rotatable bonds is 3. The van der Waals surface area contributed by atoms with Crippen LogP contribution in [0.5, 0.6) is 0 Å². The number of nitrogens with one attached hydrogen (secondary N) is 1. The maximum atomic E-state index is 5.66. The molecule has 0 amide bonds. The Balaban J connectivity index is 1.82. The van der Waals surface area contributed by atoms with Crippen molar-refractivity contribution >= 4 is 17.4 Å². The molecule has 0 bridgehead atoms. The van der Waals surface area contributed by atoms with E-state index < -0.39 is 0 Å². The maximum absolute atomic E-state index is 5.66. The monoisotopic (exact) mass is 251 g/mol. The molecule has 3 aromatic rings. The van der Waals surface area contributed by atoms with E-state index in [0.717, 1.165) is 22.6 Å². The van der Waals surface area contributed by atoms with Crippen LogP contribution in [0.25, 0.3) is 11.3 Å². The Hall–Kier alpha value is -2.75. The van der Waals surface area contributed by atoms with E-state index >= 15 is 0 Å². The molecule has 0 radical (unpaired) electrons. The van der Waals surface area contributed by atoms with Gasteiger partial charge in [0.1, 0.15) is 12.0 Å². The maximum Gasteiger partial charge on any atom is 0.299 e. The van der Waals surface area contributed by atoms with Crippen molar-refractivity contribution in [3.05, 3.63) is 60.9 Å². The van der Waals surface area contributed by atoms with Crippen molar-refractivity contribution in [3.8, 4) is 11.3 Å². The highest BCUT2D eigenvalue weighted by molar-refractivity contribution is 5.63. The number of nitrogen functional groups attached to an aromatic ring is 1. The van der Waals surface area contributed by atoms with Gasteiger partial charge in [0.25, 0.3) is 6.01 Å². The molecule has 0 spiro atoms. The van der Waals surface area contributed by atoms with E-state index in [4.69, 9.17) is 10.2 Å². The van der Waals surface area contributed by atoms with Gasteiger partial charge < -0.3 is 15.5 Å². The van der Waals surface area contributed by atoms with E-state index in [2.05, 4.69) is 10.3 Å². The summed E-state index contributed by atoms with van der Waals surface area (Å²) in [5.41, 5.74) is 9.07. The SMILES string of the molecule is Nc1ccc(-c2coc(Nc3ccccc3)n2)cc1. The quantitative estimate of drug-likeness (QED) is 0.697. The average Bonchev–Trinajstić information content (AvgIpc) is 2.89. The van der Waals surface area contributed by atoms with Gasteiger partial charge in [0, 0.05) is 16.9 Å². The molecule has 1 aromatic heterocycles. The number of nitrogens with two attached hydrogens (primary N) is 1. The van der Waals surface area contributed by atoms with Crippen LogP contribution in [-0.4, -0.2) is 4.98 Å². The first-order chi connectivity index (χ1) is 9.31. The van der Waals surface area contributed by atoms with Gasteiger partial charge in [0.05, 0.1) is 0 Å². The molecule has 0 saturated heterocycles. The molecule has 0 saturated carbocycles. The summed E-state index contributed by atoms with van der Waals surface area (Å²) in [6.45, 7) is 0. The second kappa shape index (κ2) is 4.86. The molecule has 3 rings (SSSR count). The highest BCUT2D eigenvalue weighted by atomic mass is 16.4. The smallest absolute Gasteiger partial charge is 0.299 e. The number of nitrogens with zero attached hydrogens (tertiary/aromatic N) is 1. The number of hydrogen-bond acceptors (Lipinski definition) is 4. The van der Waals surface area contributed by atoms with Crippen LogP contribution in [0.3, 0.4) is 0 Å². The van der Waals surface area contributed by atoms with Gasteiger partial charge in [-0.3, -0.25) is 0 Å². The summed E-state index contributed by atoms with van der Waals surface area (Å²) in [6.07, 6.45) is 1.62. The molecule has 0 aliphatic heterocycles. The topological polar surface area (TPSA) is 64.1 Å². The van der Waals surface area contributed by atoms with Crippen LogP contribution >= 0.6 is 0 Å². The highest BCUT2D eigenvalue weighted by Gasteiger charge is 2.06. The second-order valence-electron chi connectivity index (χ2n) is 4.15. The van der Waals surface area contributed by atoms with Crippen molar-refractivity contribution in [2.75, 3.05) is 11.1 Å². The van der Waals surface area contributed by atoms with Gasteiger partial charge in [-0.1, -0.05) is 30.3 Å². The molecule has 4 nitrogen and oxygen atoms in total. The van der Waals surface area contributed by atoms with Crippen LogP contribution in [0.1, 0.15) is 0 Å². The van der Waals surface area contributed by atoms with Crippen molar-refractivity contribution in [3.63, 3.8) is 0 Å². The van der Waals surface area contributed by atoms with Crippen molar-refractivity contribution in [2.45, 2.75) is 0 Å². The fraction of sp³-hybridized carbons (Fsp3) is 0. The largest absolute Gasteiger partial charge is 0.431 e. The lowest BCUT2D eigenvalue weighted by molar-refractivity contribution is 0.578. The van der Waals surface area contributed by atoms with E-state index in [0.29, 0.717) is 6.01 Å². The van der Waals surface area contributed by atoms with Crippen molar-refractivity contribution in [1.29, 1.82) is 0 Å². The molecule has 0 atom stereocenters. The Kier molecular flexibility index (Phi) is 2.90. The first kappa shape index (κ1) is 11.3. The number of anilines is 3. The lowest BCUT2D eigenvalue weighted by Crippen LogP contribution is -1.89. The van der Waals surface area contributed by atoms with Gasteiger partial charge in [-0.2, -0.15) is 4.98 Å². The molecular weight excluding hydrogens is 238 g/mol. The van der Waals surface area contributed by atoms with Crippen LogP contribution in [0, 0.1) is 0 Å². The lowest BCUT2D eigenvalue weighted by atomic mass is 10.1.